The first-order valence-electron chi connectivity index (χ1n) is 7.58. The van der Waals surface area contributed by atoms with Crippen molar-refractivity contribution in [3.8, 4) is 0 Å². The van der Waals surface area contributed by atoms with Crippen LogP contribution in [0.2, 0.25) is 0 Å². The van der Waals surface area contributed by atoms with Crippen molar-refractivity contribution in [2.75, 3.05) is 20.1 Å². The molecular weight excluding hydrogens is 250 g/mol. The number of hydrogen-bond donors (Lipinski definition) is 1. The second-order valence-corrected chi connectivity index (χ2v) is 5.67. The molecular formula is C16H25N3O. The summed E-state index contributed by atoms with van der Waals surface area (Å²) in [5, 5.41) is 3.36. The molecule has 2 rings (SSSR count). The third-order valence-electron chi connectivity index (χ3n) is 4.25. The molecule has 110 valence electrons. The maximum atomic E-state index is 12.4. The molecule has 1 aliphatic rings. The second-order valence-electron chi connectivity index (χ2n) is 5.67. The number of piperidine rings is 1. The fraction of sp³-hybridized carbons (Fsp3) is 0.625. The Balaban J connectivity index is 1.82. The Hall–Kier alpha value is -1.42. The fourth-order valence-electron chi connectivity index (χ4n) is 2.78. The van der Waals surface area contributed by atoms with Gasteiger partial charge in [-0.15, -0.1) is 0 Å². The predicted octanol–water partition coefficient (Wildman–Crippen LogP) is 1.86. The number of nitrogens with one attached hydrogen (secondary N) is 1. The molecule has 1 fully saturated rings. The number of carbonyl (C=O) groups excluding carboxylic acids is 1. The molecule has 0 saturated carbocycles. The van der Waals surface area contributed by atoms with E-state index in [0.717, 1.165) is 25.9 Å². The summed E-state index contributed by atoms with van der Waals surface area (Å²) in [6.07, 6.45) is 7.83. The summed E-state index contributed by atoms with van der Waals surface area (Å²) >= 11 is 0. The Morgan fingerprint density at radius 1 is 1.45 bits per heavy atom. The number of nitrogens with zero attached hydrogens (tertiary/aromatic N) is 2. The van der Waals surface area contributed by atoms with Crippen LogP contribution in [0, 0.1) is 5.92 Å². The first-order chi connectivity index (χ1) is 9.70. The molecule has 0 bridgehead atoms. The van der Waals surface area contributed by atoms with Crippen molar-refractivity contribution in [1.29, 1.82) is 0 Å². The molecule has 0 aromatic carbocycles. The predicted molar refractivity (Wildman–Crippen MR) is 80.4 cm³/mol. The first-order valence-corrected chi connectivity index (χ1v) is 7.58. The highest BCUT2D eigenvalue weighted by Crippen LogP contribution is 2.20. The molecule has 2 unspecified atom stereocenters. The molecule has 20 heavy (non-hydrogen) atoms. The van der Waals surface area contributed by atoms with Crippen molar-refractivity contribution < 1.29 is 4.79 Å². The van der Waals surface area contributed by atoms with Crippen LogP contribution < -0.4 is 5.32 Å². The Labute approximate surface area is 121 Å². The van der Waals surface area contributed by atoms with Gasteiger partial charge in [0.2, 0.25) is 5.91 Å². The van der Waals surface area contributed by atoms with E-state index in [-0.39, 0.29) is 11.9 Å². The van der Waals surface area contributed by atoms with Gasteiger partial charge in [-0.25, -0.2) is 0 Å². The number of aromatic nitrogens is 1. The maximum absolute atomic E-state index is 12.4. The molecule has 0 radical (unpaired) electrons. The molecule has 0 aliphatic carbocycles. The van der Waals surface area contributed by atoms with Crippen LogP contribution in [-0.4, -0.2) is 42.0 Å². The normalized spacial score (nSPS) is 22.5. The fourth-order valence-corrected chi connectivity index (χ4v) is 2.78. The summed E-state index contributed by atoms with van der Waals surface area (Å²) in [6, 6.07) is 4.02. The van der Waals surface area contributed by atoms with Gasteiger partial charge in [-0.3, -0.25) is 9.78 Å². The van der Waals surface area contributed by atoms with E-state index >= 15 is 0 Å². The summed E-state index contributed by atoms with van der Waals surface area (Å²) in [5.74, 6) is 0.927. The lowest BCUT2D eigenvalue weighted by molar-refractivity contribution is -0.133. The third-order valence-corrected chi connectivity index (χ3v) is 4.25. The van der Waals surface area contributed by atoms with Gasteiger partial charge >= 0.3 is 0 Å². The standard InChI is InChI=1S/C16H25N3O/c1-3-13-6-10-18-15(12-13)16(20)19(2)11-7-14-4-8-17-9-5-14/h4-5,8-9,13,15,18H,3,6-7,10-12H2,1-2H3. The topological polar surface area (TPSA) is 45.2 Å². The van der Waals surface area contributed by atoms with E-state index < -0.39 is 0 Å². The van der Waals surface area contributed by atoms with Gasteiger partial charge in [0.1, 0.15) is 0 Å². The van der Waals surface area contributed by atoms with Gasteiger partial charge in [0.05, 0.1) is 6.04 Å². The van der Waals surface area contributed by atoms with Gasteiger partial charge < -0.3 is 10.2 Å². The number of carbonyl (C=O) groups is 1. The van der Waals surface area contributed by atoms with Gasteiger partial charge in [-0.1, -0.05) is 13.3 Å². The van der Waals surface area contributed by atoms with Crippen molar-refractivity contribution in [2.24, 2.45) is 5.92 Å². The Morgan fingerprint density at radius 2 is 2.20 bits per heavy atom. The lowest BCUT2D eigenvalue weighted by Crippen LogP contribution is -2.49. The molecule has 4 nitrogen and oxygen atoms in total. The molecule has 2 atom stereocenters. The van der Waals surface area contributed by atoms with Crippen LogP contribution in [0.3, 0.4) is 0 Å². The summed E-state index contributed by atoms with van der Waals surface area (Å²) < 4.78 is 0. The molecule has 0 spiro atoms. The highest BCUT2D eigenvalue weighted by atomic mass is 16.2. The Bertz CT molecular complexity index is 421. The van der Waals surface area contributed by atoms with Gasteiger partial charge in [-0.05, 0) is 49.4 Å². The number of likely N-dealkylation sites (N-methyl/N-ethyl adjacent to an activating group) is 1. The zero-order chi connectivity index (χ0) is 14.4. The van der Waals surface area contributed by atoms with E-state index in [1.54, 1.807) is 12.4 Å². The summed E-state index contributed by atoms with van der Waals surface area (Å²) in [5.41, 5.74) is 1.22. The van der Waals surface area contributed by atoms with Crippen molar-refractivity contribution >= 4 is 5.91 Å². The van der Waals surface area contributed by atoms with E-state index in [1.165, 1.54) is 18.4 Å². The molecule has 1 saturated heterocycles. The lowest BCUT2D eigenvalue weighted by atomic mass is 9.90. The van der Waals surface area contributed by atoms with Crippen LogP contribution in [0.25, 0.3) is 0 Å². The number of amides is 1. The molecule has 4 heteroatoms. The van der Waals surface area contributed by atoms with Crippen LogP contribution in [0.1, 0.15) is 31.7 Å². The van der Waals surface area contributed by atoms with Gasteiger partial charge in [0.25, 0.3) is 0 Å². The second kappa shape index (κ2) is 7.39. The van der Waals surface area contributed by atoms with Gasteiger partial charge in [0, 0.05) is 26.0 Å². The van der Waals surface area contributed by atoms with Crippen LogP contribution in [-0.2, 0) is 11.2 Å². The first kappa shape index (κ1) is 15.0. The number of pyridine rings is 1. The van der Waals surface area contributed by atoms with E-state index in [9.17, 15) is 4.79 Å². The van der Waals surface area contributed by atoms with Crippen molar-refractivity contribution in [3.05, 3.63) is 30.1 Å². The average molecular weight is 275 g/mol. The van der Waals surface area contributed by atoms with E-state index in [2.05, 4.69) is 17.2 Å². The minimum absolute atomic E-state index is 0.0103. The number of rotatable bonds is 5. The number of hydrogen-bond acceptors (Lipinski definition) is 3. The van der Waals surface area contributed by atoms with Crippen LogP contribution >= 0.6 is 0 Å². The quantitative estimate of drug-likeness (QED) is 0.892. The van der Waals surface area contributed by atoms with E-state index in [4.69, 9.17) is 0 Å². The monoisotopic (exact) mass is 275 g/mol. The van der Waals surface area contributed by atoms with E-state index in [0.29, 0.717) is 5.92 Å². The maximum Gasteiger partial charge on any atom is 0.239 e. The van der Waals surface area contributed by atoms with Crippen LogP contribution in [0.15, 0.2) is 24.5 Å². The Morgan fingerprint density at radius 3 is 2.90 bits per heavy atom. The zero-order valence-corrected chi connectivity index (χ0v) is 12.5. The van der Waals surface area contributed by atoms with Crippen LogP contribution in [0.4, 0.5) is 0 Å². The minimum atomic E-state index is 0.0103. The average Bonchev–Trinajstić information content (AvgIpc) is 2.53. The minimum Gasteiger partial charge on any atom is -0.344 e. The summed E-state index contributed by atoms with van der Waals surface area (Å²) in [6.45, 7) is 3.94. The van der Waals surface area contributed by atoms with Crippen LogP contribution in [0.5, 0.6) is 0 Å². The van der Waals surface area contributed by atoms with Crippen molar-refractivity contribution in [3.63, 3.8) is 0 Å². The SMILES string of the molecule is CCC1CCNC(C(=O)N(C)CCc2ccncc2)C1. The molecule has 1 aliphatic heterocycles. The highest BCUT2D eigenvalue weighted by molar-refractivity contribution is 5.81. The van der Waals surface area contributed by atoms with Gasteiger partial charge in [0.15, 0.2) is 0 Å². The Kier molecular flexibility index (Phi) is 5.53. The smallest absolute Gasteiger partial charge is 0.239 e. The summed E-state index contributed by atoms with van der Waals surface area (Å²) in [4.78, 5) is 18.3. The molecule has 1 N–H and O–H groups in total. The summed E-state index contributed by atoms with van der Waals surface area (Å²) in [7, 11) is 1.90. The van der Waals surface area contributed by atoms with E-state index in [1.807, 2.05) is 24.1 Å². The largest absolute Gasteiger partial charge is 0.344 e. The third kappa shape index (κ3) is 4.04. The van der Waals surface area contributed by atoms with Gasteiger partial charge in [-0.2, -0.15) is 0 Å². The molecule has 1 aromatic heterocycles. The molecule has 1 aromatic rings. The molecule has 1 amide bonds. The highest BCUT2D eigenvalue weighted by Gasteiger charge is 2.27. The molecule has 2 heterocycles. The van der Waals surface area contributed by atoms with Crippen molar-refractivity contribution in [2.45, 2.75) is 38.6 Å². The van der Waals surface area contributed by atoms with Crippen molar-refractivity contribution in [1.82, 2.24) is 15.2 Å². The lowest BCUT2D eigenvalue weighted by Gasteiger charge is -2.31. The zero-order valence-electron chi connectivity index (χ0n) is 12.5.